The summed E-state index contributed by atoms with van der Waals surface area (Å²) >= 11 is 0. The molecule has 1 unspecified atom stereocenters. The van der Waals surface area contributed by atoms with Gasteiger partial charge in [0, 0.05) is 42.9 Å². The fourth-order valence-corrected chi connectivity index (χ4v) is 2.57. The first-order valence-corrected chi connectivity index (χ1v) is 8.34. The van der Waals surface area contributed by atoms with Crippen molar-refractivity contribution in [3.05, 3.63) is 60.9 Å². The molecular weight excluding hydrogens is 314 g/mol. The maximum Gasteiger partial charge on any atom is 0.163 e. The minimum atomic E-state index is 0.270. The molecule has 2 N–H and O–H groups in total. The molecule has 25 heavy (non-hydrogen) atoms. The number of ether oxygens (including phenoxy) is 1. The van der Waals surface area contributed by atoms with Crippen LogP contribution in [0.2, 0.25) is 0 Å². The Labute approximate surface area is 146 Å². The first kappa shape index (κ1) is 15.5. The molecule has 0 amide bonds. The monoisotopic (exact) mass is 333 g/mol. The van der Waals surface area contributed by atoms with E-state index in [1.165, 1.54) is 0 Å². The Hall–Kier alpha value is -2.99. The van der Waals surface area contributed by atoms with Gasteiger partial charge >= 0.3 is 0 Å². The van der Waals surface area contributed by atoms with Crippen LogP contribution >= 0.6 is 0 Å². The lowest BCUT2D eigenvalue weighted by Crippen LogP contribution is -2.33. The van der Waals surface area contributed by atoms with Gasteiger partial charge in [0.05, 0.1) is 6.10 Å². The minimum Gasteiger partial charge on any atom is -0.376 e. The van der Waals surface area contributed by atoms with E-state index in [1.54, 1.807) is 12.4 Å². The number of pyridine rings is 1. The highest BCUT2D eigenvalue weighted by atomic mass is 16.5. The lowest BCUT2D eigenvalue weighted by molar-refractivity contribution is -0.0410. The summed E-state index contributed by atoms with van der Waals surface area (Å²) in [5.41, 5.74) is 1.91. The molecular formula is C19H19N5O. The van der Waals surface area contributed by atoms with Crippen molar-refractivity contribution in [2.45, 2.75) is 12.5 Å². The molecule has 0 bridgehead atoms. The first-order chi connectivity index (χ1) is 12.4. The van der Waals surface area contributed by atoms with Gasteiger partial charge in [0.1, 0.15) is 11.6 Å². The molecule has 0 saturated carbocycles. The van der Waals surface area contributed by atoms with E-state index in [0.29, 0.717) is 5.82 Å². The molecule has 0 radical (unpaired) electrons. The molecule has 1 aliphatic heterocycles. The van der Waals surface area contributed by atoms with Gasteiger partial charge in [-0.05, 0) is 18.6 Å². The zero-order valence-electron chi connectivity index (χ0n) is 13.7. The van der Waals surface area contributed by atoms with Crippen LogP contribution in [0.4, 0.5) is 17.3 Å². The van der Waals surface area contributed by atoms with Gasteiger partial charge in [0.2, 0.25) is 0 Å². The zero-order chi connectivity index (χ0) is 16.9. The molecule has 1 atom stereocenters. The smallest absolute Gasteiger partial charge is 0.163 e. The molecule has 0 aliphatic carbocycles. The third-order valence-corrected chi connectivity index (χ3v) is 4.02. The van der Waals surface area contributed by atoms with E-state index in [1.807, 2.05) is 48.5 Å². The predicted molar refractivity (Wildman–Crippen MR) is 97.8 cm³/mol. The van der Waals surface area contributed by atoms with Crippen LogP contribution in [0.15, 0.2) is 60.9 Å². The van der Waals surface area contributed by atoms with Crippen LogP contribution in [0.1, 0.15) is 6.42 Å². The topological polar surface area (TPSA) is 72.0 Å². The van der Waals surface area contributed by atoms with E-state index in [4.69, 9.17) is 4.74 Å². The van der Waals surface area contributed by atoms with E-state index < -0.39 is 0 Å². The molecule has 3 aromatic rings. The standard InChI is InChI=1S/C19H19N5O/c1-2-4-14(5-3-1)19-23-17(21-13-16-8-11-25-16)12-18(24-19)22-15-6-9-20-10-7-15/h1-7,9-10,12,16H,8,11,13H2,(H2,20,21,22,23,24). The van der Waals surface area contributed by atoms with Gasteiger partial charge in [-0.1, -0.05) is 30.3 Å². The largest absolute Gasteiger partial charge is 0.376 e. The average molecular weight is 333 g/mol. The van der Waals surface area contributed by atoms with Crippen LogP contribution in [0.25, 0.3) is 11.4 Å². The van der Waals surface area contributed by atoms with Gasteiger partial charge in [0.25, 0.3) is 0 Å². The molecule has 4 rings (SSSR count). The highest BCUT2D eigenvalue weighted by molar-refractivity contribution is 5.64. The van der Waals surface area contributed by atoms with E-state index in [-0.39, 0.29) is 6.10 Å². The van der Waals surface area contributed by atoms with Crippen LogP contribution in [-0.4, -0.2) is 34.2 Å². The van der Waals surface area contributed by atoms with Gasteiger partial charge in [-0.3, -0.25) is 4.98 Å². The summed E-state index contributed by atoms with van der Waals surface area (Å²) in [6.45, 7) is 1.60. The SMILES string of the molecule is c1ccc(-c2nc(NCC3CCO3)cc(Nc3ccncc3)n2)cc1. The summed E-state index contributed by atoms with van der Waals surface area (Å²) < 4.78 is 5.46. The second-order valence-corrected chi connectivity index (χ2v) is 5.85. The zero-order valence-corrected chi connectivity index (χ0v) is 13.7. The fraction of sp³-hybridized carbons (Fsp3) is 0.211. The molecule has 126 valence electrons. The normalized spacial score (nSPS) is 16.1. The van der Waals surface area contributed by atoms with Crippen LogP contribution in [0.3, 0.4) is 0 Å². The summed E-state index contributed by atoms with van der Waals surface area (Å²) in [6, 6.07) is 15.7. The number of hydrogen-bond donors (Lipinski definition) is 2. The number of nitrogens with zero attached hydrogens (tertiary/aromatic N) is 3. The molecule has 1 aliphatic rings. The van der Waals surface area contributed by atoms with E-state index in [2.05, 4.69) is 25.6 Å². The minimum absolute atomic E-state index is 0.270. The Morgan fingerprint density at radius 3 is 2.48 bits per heavy atom. The summed E-state index contributed by atoms with van der Waals surface area (Å²) in [7, 11) is 0. The number of benzene rings is 1. The van der Waals surface area contributed by atoms with Gasteiger partial charge in [-0.2, -0.15) is 0 Å². The van der Waals surface area contributed by atoms with Crippen molar-refractivity contribution in [3.8, 4) is 11.4 Å². The highest BCUT2D eigenvalue weighted by Gasteiger charge is 2.18. The van der Waals surface area contributed by atoms with E-state index in [9.17, 15) is 0 Å². The average Bonchev–Trinajstić information content (AvgIpc) is 2.62. The molecule has 1 aromatic carbocycles. The number of aromatic nitrogens is 3. The molecule has 0 spiro atoms. The van der Waals surface area contributed by atoms with Crippen molar-refractivity contribution in [3.63, 3.8) is 0 Å². The molecule has 1 fully saturated rings. The highest BCUT2D eigenvalue weighted by Crippen LogP contribution is 2.23. The fourth-order valence-electron chi connectivity index (χ4n) is 2.57. The first-order valence-electron chi connectivity index (χ1n) is 8.34. The lowest BCUT2D eigenvalue weighted by atomic mass is 10.2. The van der Waals surface area contributed by atoms with E-state index >= 15 is 0 Å². The Kier molecular flexibility index (Phi) is 4.52. The van der Waals surface area contributed by atoms with Gasteiger partial charge in [0.15, 0.2) is 5.82 Å². The Morgan fingerprint density at radius 1 is 1.00 bits per heavy atom. The predicted octanol–water partition coefficient (Wildman–Crippen LogP) is 3.48. The van der Waals surface area contributed by atoms with E-state index in [0.717, 1.165) is 42.5 Å². The Morgan fingerprint density at radius 2 is 1.76 bits per heavy atom. The lowest BCUT2D eigenvalue weighted by Gasteiger charge is -2.26. The summed E-state index contributed by atoms with van der Waals surface area (Å²) in [5, 5.41) is 6.66. The molecule has 6 nitrogen and oxygen atoms in total. The van der Waals surface area contributed by atoms with Crippen LogP contribution in [0, 0.1) is 0 Å². The Balaban J connectivity index is 1.62. The van der Waals surface area contributed by atoms with Crippen LogP contribution in [-0.2, 0) is 4.74 Å². The third kappa shape index (κ3) is 3.92. The second-order valence-electron chi connectivity index (χ2n) is 5.85. The van der Waals surface area contributed by atoms with Crippen molar-refractivity contribution in [1.29, 1.82) is 0 Å². The summed E-state index contributed by atoms with van der Waals surface area (Å²) in [4.78, 5) is 13.3. The van der Waals surface area contributed by atoms with Crippen LogP contribution in [0.5, 0.6) is 0 Å². The maximum atomic E-state index is 5.46. The maximum absolute atomic E-state index is 5.46. The summed E-state index contributed by atoms with van der Waals surface area (Å²) in [5.74, 6) is 2.19. The van der Waals surface area contributed by atoms with Crippen molar-refractivity contribution >= 4 is 17.3 Å². The molecule has 6 heteroatoms. The molecule has 1 saturated heterocycles. The number of rotatable bonds is 6. The Bertz CT molecular complexity index is 822. The number of anilines is 3. The van der Waals surface area contributed by atoms with Crippen molar-refractivity contribution in [2.24, 2.45) is 0 Å². The third-order valence-electron chi connectivity index (χ3n) is 4.02. The number of hydrogen-bond acceptors (Lipinski definition) is 6. The van der Waals surface area contributed by atoms with Gasteiger partial charge in [-0.25, -0.2) is 9.97 Å². The quantitative estimate of drug-likeness (QED) is 0.719. The van der Waals surface area contributed by atoms with Crippen molar-refractivity contribution in [1.82, 2.24) is 15.0 Å². The number of nitrogens with one attached hydrogen (secondary N) is 2. The second kappa shape index (κ2) is 7.27. The van der Waals surface area contributed by atoms with Gasteiger partial charge in [-0.15, -0.1) is 0 Å². The van der Waals surface area contributed by atoms with Crippen molar-refractivity contribution in [2.75, 3.05) is 23.8 Å². The van der Waals surface area contributed by atoms with Crippen LogP contribution < -0.4 is 10.6 Å². The summed E-state index contributed by atoms with van der Waals surface area (Å²) in [6.07, 6.45) is 4.85. The molecule has 2 aromatic heterocycles. The molecule has 3 heterocycles. The van der Waals surface area contributed by atoms with Crippen molar-refractivity contribution < 1.29 is 4.74 Å². The van der Waals surface area contributed by atoms with Gasteiger partial charge < -0.3 is 15.4 Å².